The van der Waals surface area contributed by atoms with E-state index in [0.29, 0.717) is 65.9 Å². The molecule has 0 aliphatic carbocycles. The topological polar surface area (TPSA) is 99.5 Å². The largest absolute Gasteiger partial charge is 0.492 e. The van der Waals surface area contributed by atoms with Gasteiger partial charge in [-0.3, -0.25) is 4.79 Å². The van der Waals surface area contributed by atoms with Crippen molar-refractivity contribution in [2.75, 3.05) is 30.5 Å². The van der Waals surface area contributed by atoms with Gasteiger partial charge < -0.3 is 24.8 Å². The van der Waals surface area contributed by atoms with Crippen LogP contribution in [0.15, 0.2) is 60.1 Å². The van der Waals surface area contributed by atoms with Gasteiger partial charge in [-0.25, -0.2) is 4.68 Å². The first-order valence-corrected chi connectivity index (χ1v) is 12.7. The van der Waals surface area contributed by atoms with E-state index in [4.69, 9.17) is 14.2 Å². The molecule has 9 nitrogen and oxygen atoms in total. The molecule has 0 radical (unpaired) electrons. The van der Waals surface area contributed by atoms with Crippen molar-refractivity contribution in [1.29, 1.82) is 0 Å². The Morgan fingerprint density at radius 3 is 2.57 bits per heavy atom. The molecule has 1 amide bonds. The molecule has 1 unspecified atom stereocenters. The van der Waals surface area contributed by atoms with Crippen molar-refractivity contribution in [3.05, 3.63) is 65.6 Å². The van der Waals surface area contributed by atoms with Gasteiger partial charge in [0.05, 0.1) is 31.1 Å². The minimum Gasteiger partial charge on any atom is -0.492 e. The molecule has 2 heterocycles. The lowest BCUT2D eigenvalue weighted by atomic mass is 9.94. The van der Waals surface area contributed by atoms with Gasteiger partial charge in [-0.15, -0.1) is 0 Å². The van der Waals surface area contributed by atoms with Gasteiger partial charge in [-0.1, -0.05) is 32.0 Å². The van der Waals surface area contributed by atoms with Crippen molar-refractivity contribution in [3.63, 3.8) is 0 Å². The normalized spacial score (nSPS) is 14.7. The zero-order chi connectivity index (χ0) is 26.4. The summed E-state index contributed by atoms with van der Waals surface area (Å²) < 4.78 is 19.4. The fourth-order valence-corrected chi connectivity index (χ4v) is 4.22. The quantitative estimate of drug-likeness (QED) is 0.359. The van der Waals surface area contributed by atoms with Crippen LogP contribution >= 0.6 is 0 Å². The maximum Gasteiger partial charge on any atom is 0.255 e. The first-order chi connectivity index (χ1) is 17.9. The molecule has 9 heteroatoms. The highest BCUT2D eigenvalue weighted by atomic mass is 16.5. The van der Waals surface area contributed by atoms with E-state index in [1.807, 2.05) is 63.2 Å². The fourth-order valence-electron chi connectivity index (χ4n) is 4.22. The first-order valence-electron chi connectivity index (χ1n) is 12.7. The van der Waals surface area contributed by atoms with E-state index in [1.165, 1.54) is 6.33 Å². The number of ether oxygens (including phenoxy) is 3. The third kappa shape index (κ3) is 5.87. The van der Waals surface area contributed by atoms with Crippen LogP contribution in [0.25, 0.3) is 0 Å². The SMILES string of the molecule is CCOc1ccccc1NC(=O)C1=C(C)Nc2ncnn2C1c1ccc(OCC)c(OCCC(C)C)c1. The number of fused-ring (bicyclic) bond motifs is 1. The van der Waals surface area contributed by atoms with Crippen LogP contribution in [0.1, 0.15) is 52.6 Å². The van der Waals surface area contributed by atoms with E-state index >= 15 is 0 Å². The molecule has 4 rings (SSSR count). The third-order valence-corrected chi connectivity index (χ3v) is 6.01. The minimum absolute atomic E-state index is 0.264. The molecule has 0 fully saturated rings. The first kappa shape index (κ1) is 26.1. The zero-order valence-electron chi connectivity index (χ0n) is 22.1. The molecule has 0 spiro atoms. The standard InChI is InChI=1S/C28H35N5O4/c1-6-35-22-11-9-8-10-21(22)32-27(34)25-19(5)31-28-29-17-30-33(28)26(25)20-12-13-23(36-7-2)24(16-20)37-15-14-18(3)4/h8-13,16-18,26H,6-7,14-15H2,1-5H3,(H,32,34)(H,29,30,31). The van der Waals surface area contributed by atoms with Crippen molar-refractivity contribution in [1.82, 2.24) is 14.8 Å². The van der Waals surface area contributed by atoms with Crippen molar-refractivity contribution in [3.8, 4) is 17.2 Å². The molecular weight excluding hydrogens is 470 g/mol. The molecule has 1 atom stereocenters. The molecule has 3 aromatic rings. The van der Waals surface area contributed by atoms with Gasteiger partial charge in [0.25, 0.3) is 5.91 Å². The van der Waals surface area contributed by atoms with Gasteiger partial charge in [0.15, 0.2) is 11.5 Å². The van der Waals surface area contributed by atoms with Gasteiger partial charge in [-0.2, -0.15) is 10.1 Å². The number of para-hydroxylation sites is 2. The summed E-state index contributed by atoms with van der Waals surface area (Å²) in [7, 11) is 0. The number of amides is 1. The zero-order valence-corrected chi connectivity index (χ0v) is 22.1. The summed E-state index contributed by atoms with van der Waals surface area (Å²) in [5.74, 6) is 2.73. The number of nitrogens with zero attached hydrogens (tertiary/aromatic N) is 3. The Kier molecular flexibility index (Phi) is 8.32. The van der Waals surface area contributed by atoms with E-state index in [1.54, 1.807) is 4.68 Å². The Labute approximate surface area is 217 Å². The molecule has 196 valence electrons. The lowest BCUT2D eigenvalue weighted by Gasteiger charge is -2.29. The number of carbonyl (C=O) groups is 1. The number of nitrogens with one attached hydrogen (secondary N) is 2. The highest BCUT2D eigenvalue weighted by molar-refractivity contribution is 6.06. The summed E-state index contributed by atoms with van der Waals surface area (Å²) in [6.07, 6.45) is 2.39. The average molecular weight is 506 g/mol. The lowest BCUT2D eigenvalue weighted by Crippen LogP contribution is -2.31. The van der Waals surface area contributed by atoms with Crippen LogP contribution < -0.4 is 24.8 Å². The van der Waals surface area contributed by atoms with Crippen LogP contribution in [0.2, 0.25) is 0 Å². The maximum atomic E-state index is 13.8. The molecular formula is C28H35N5O4. The summed E-state index contributed by atoms with van der Waals surface area (Å²) in [5, 5.41) is 10.7. The Bertz CT molecular complexity index is 1270. The molecule has 1 aliphatic heterocycles. The Morgan fingerprint density at radius 1 is 1.05 bits per heavy atom. The smallest absolute Gasteiger partial charge is 0.255 e. The number of benzene rings is 2. The van der Waals surface area contributed by atoms with Gasteiger partial charge in [0, 0.05) is 5.70 Å². The number of allylic oxidation sites excluding steroid dienone is 1. The Balaban J connectivity index is 1.72. The highest BCUT2D eigenvalue weighted by Crippen LogP contribution is 2.39. The number of hydrogen-bond donors (Lipinski definition) is 2. The number of hydrogen-bond acceptors (Lipinski definition) is 7. The van der Waals surface area contributed by atoms with Gasteiger partial charge in [0.2, 0.25) is 5.95 Å². The Hall–Kier alpha value is -4.01. The average Bonchev–Trinajstić information content (AvgIpc) is 3.33. The van der Waals surface area contributed by atoms with Crippen LogP contribution in [0.4, 0.5) is 11.6 Å². The molecule has 1 aliphatic rings. The van der Waals surface area contributed by atoms with Crippen LogP contribution in [-0.4, -0.2) is 40.5 Å². The summed E-state index contributed by atoms with van der Waals surface area (Å²) in [4.78, 5) is 18.1. The number of aromatic nitrogens is 3. The summed E-state index contributed by atoms with van der Waals surface area (Å²) in [5.41, 5.74) is 2.63. The predicted octanol–water partition coefficient (Wildman–Crippen LogP) is 5.43. The molecule has 2 aromatic carbocycles. The van der Waals surface area contributed by atoms with Crippen molar-refractivity contribution >= 4 is 17.5 Å². The second kappa shape index (κ2) is 11.8. The van der Waals surface area contributed by atoms with Gasteiger partial charge in [-0.05, 0) is 62.9 Å². The van der Waals surface area contributed by atoms with Crippen LogP contribution in [0, 0.1) is 5.92 Å². The lowest BCUT2D eigenvalue weighted by molar-refractivity contribution is -0.113. The molecule has 1 aromatic heterocycles. The number of carbonyl (C=O) groups excluding carboxylic acids is 1. The number of rotatable bonds is 11. The van der Waals surface area contributed by atoms with Gasteiger partial charge in [0.1, 0.15) is 18.1 Å². The van der Waals surface area contributed by atoms with Crippen molar-refractivity contribution in [2.24, 2.45) is 5.92 Å². The van der Waals surface area contributed by atoms with Crippen LogP contribution in [0.5, 0.6) is 17.2 Å². The summed E-state index contributed by atoms with van der Waals surface area (Å²) in [6.45, 7) is 11.6. The maximum absolute atomic E-state index is 13.8. The van der Waals surface area contributed by atoms with E-state index < -0.39 is 6.04 Å². The number of anilines is 2. The highest BCUT2D eigenvalue weighted by Gasteiger charge is 2.34. The molecule has 2 N–H and O–H groups in total. The molecule has 0 saturated carbocycles. The van der Waals surface area contributed by atoms with Crippen LogP contribution in [0.3, 0.4) is 0 Å². The van der Waals surface area contributed by atoms with E-state index in [-0.39, 0.29) is 5.91 Å². The third-order valence-electron chi connectivity index (χ3n) is 6.01. The van der Waals surface area contributed by atoms with Crippen molar-refractivity contribution in [2.45, 2.75) is 47.1 Å². The van der Waals surface area contributed by atoms with Crippen molar-refractivity contribution < 1.29 is 19.0 Å². The molecule has 0 saturated heterocycles. The Morgan fingerprint density at radius 2 is 1.81 bits per heavy atom. The summed E-state index contributed by atoms with van der Waals surface area (Å²) in [6, 6.07) is 12.6. The van der Waals surface area contributed by atoms with Crippen LogP contribution in [-0.2, 0) is 4.79 Å². The summed E-state index contributed by atoms with van der Waals surface area (Å²) >= 11 is 0. The molecule has 37 heavy (non-hydrogen) atoms. The molecule has 0 bridgehead atoms. The monoisotopic (exact) mass is 505 g/mol. The predicted molar refractivity (Wildman–Crippen MR) is 143 cm³/mol. The minimum atomic E-state index is -0.527. The second-order valence-electron chi connectivity index (χ2n) is 9.15. The van der Waals surface area contributed by atoms with E-state index in [0.717, 1.165) is 12.0 Å². The second-order valence-corrected chi connectivity index (χ2v) is 9.15. The van der Waals surface area contributed by atoms with E-state index in [9.17, 15) is 4.79 Å². The van der Waals surface area contributed by atoms with E-state index in [2.05, 4.69) is 34.6 Å². The van der Waals surface area contributed by atoms with Gasteiger partial charge >= 0.3 is 0 Å². The fraction of sp³-hybridized carbons (Fsp3) is 0.393.